The van der Waals surface area contributed by atoms with Gasteiger partial charge in [-0.05, 0) is 57.2 Å². The Morgan fingerprint density at radius 1 is 1.50 bits per heavy atom. The summed E-state index contributed by atoms with van der Waals surface area (Å²) in [6.45, 7) is 8.23. The topological polar surface area (TPSA) is 53.7 Å². The molecule has 3 atom stereocenters. The van der Waals surface area contributed by atoms with Crippen LogP contribution in [0.15, 0.2) is 16.5 Å². The number of rotatable bonds is 5. The maximum absolute atomic E-state index is 10.9. The Labute approximate surface area is 120 Å². The van der Waals surface area contributed by atoms with Crippen LogP contribution in [0.25, 0.3) is 0 Å². The van der Waals surface area contributed by atoms with Crippen molar-refractivity contribution in [1.82, 2.24) is 4.90 Å². The minimum Gasteiger partial charge on any atom is -0.481 e. The van der Waals surface area contributed by atoms with Gasteiger partial charge in [-0.1, -0.05) is 6.92 Å². The maximum atomic E-state index is 10.9. The monoisotopic (exact) mass is 279 g/mol. The van der Waals surface area contributed by atoms with Gasteiger partial charge in [-0.2, -0.15) is 0 Å². The maximum Gasteiger partial charge on any atom is 0.303 e. The van der Waals surface area contributed by atoms with Crippen molar-refractivity contribution in [2.75, 3.05) is 13.1 Å². The standard InChI is InChI=1S/C16H25NO3/c1-11(9-16(18)19)14-5-4-8-17(10-14)13(3)15-7-6-12(2)20-15/h6-7,11,13-14H,4-5,8-10H2,1-3H3,(H,18,19). The highest BCUT2D eigenvalue weighted by Crippen LogP contribution is 2.31. The van der Waals surface area contributed by atoms with Crippen molar-refractivity contribution in [1.29, 1.82) is 0 Å². The predicted octanol–water partition coefficient (Wildman–Crippen LogP) is 3.47. The number of nitrogens with zero attached hydrogens (tertiary/aromatic N) is 1. The van der Waals surface area contributed by atoms with Crippen molar-refractivity contribution < 1.29 is 14.3 Å². The van der Waals surface area contributed by atoms with Gasteiger partial charge < -0.3 is 9.52 Å². The van der Waals surface area contributed by atoms with E-state index in [9.17, 15) is 4.79 Å². The summed E-state index contributed by atoms with van der Waals surface area (Å²) in [4.78, 5) is 13.3. The summed E-state index contributed by atoms with van der Waals surface area (Å²) in [5.41, 5.74) is 0. The van der Waals surface area contributed by atoms with Crippen molar-refractivity contribution in [3.05, 3.63) is 23.7 Å². The quantitative estimate of drug-likeness (QED) is 0.896. The van der Waals surface area contributed by atoms with Gasteiger partial charge in [0.1, 0.15) is 11.5 Å². The molecule has 0 aromatic carbocycles. The summed E-state index contributed by atoms with van der Waals surface area (Å²) in [6.07, 6.45) is 2.54. The van der Waals surface area contributed by atoms with Crippen LogP contribution in [-0.4, -0.2) is 29.1 Å². The minimum atomic E-state index is -0.690. The summed E-state index contributed by atoms with van der Waals surface area (Å²) < 4.78 is 5.72. The van der Waals surface area contributed by atoms with E-state index in [-0.39, 0.29) is 18.4 Å². The summed E-state index contributed by atoms with van der Waals surface area (Å²) in [7, 11) is 0. The Kier molecular flexibility index (Phi) is 4.86. The largest absolute Gasteiger partial charge is 0.481 e. The number of carboxylic acids is 1. The Balaban J connectivity index is 1.97. The average Bonchev–Trinajstić information content (AvgIpc) is 2.84. The number of carbonyl (C=O) groups is 1. The van der Waals surface area contributed by atoms with Crippen molar-refractivity contribution in [2.24, 2.45) is 11.8 Å². The van der Waals surface area contributed by atoms with Crippen molar-refractivity contribution in [3.8, 4) is 0 Å². The molecule has 0 amide bonds. The lowest BCUT2D eigenvalue weighted by atomic mass is 9.84. The molecule has 1 aliphatic heterocycles. The molecule has 0 spiro atoms. The number of aryl methyl sites for hydroxylation is 1. The Morgan fingerprint density at radius 3 is 2.85 bits per heavy atom. The van der Waals surface area contributed by atoms with Crippen LogP contribution in [0, 0.1) is 18.8 Å². The summed E-state index contributed by atoms with van der Waals surface area (Å²) in [6, 6.07) is 4.31. The van der Waals surface area contributed by atoms with E-state index in [4.69, 9.17) is 9.52 Å². The zero-order chi connectivity index (χ0) is 14.7. The van der Waals surface area contributed by atoms with E-state index in [1.165, 1.54) is 0 Å². The van der Waals surface area contributed by atoms with E-state index >= 15 is 0 Å². The molecule has 3 unspecified atom stereocenters. The number of likely N-dealkylation sites (tertiary alicyclic amines) is 1. The number of furan rings is 1. The van der Waals surface area contributed by atoms with Crippen LogP contribution >= 0.6 is 0 Å². The number of hydrogen-bond acceptors (Lipinski definition) is 3. The van der Waals surface area contributed by atoms with Crippen LogP contribution in [-0.2, 0) is 4.79 Å². The van der Waals surface area contributed by atoms with Crippen LogP contribution < -0.4 is 0 Å². The number of hydrogen-bond donors (Lipinski definition) is 1. The minimum absolute atomic E-state index is 0.237. The lowest BCUT2D eigenvalue weighted by Gasteiger charge is -2.38. The molecule has 0 saturated carbocycles. The van der Waals surface area contributed by atoms with E-state index in [1.54, 1.807) is 0 Å². The molecule has 1 N–H and O–H groups in total. The molecule has 0 aliphatic carbocycles. The Morgan fingerprint density at radius 2 is 2.25 bits per heavy atom. The second-order valence-corrected chi connectivity index (χ2v) is 6.10. The number of carboxylic acid groups (broad SMARTS) is 1. The summed E-state index contributed by atoms with van der Waals surface area (Å²) >= 11 is 0. The van der Waals surface area contributed by atoms with E-state index in [2.05, 4.69) is 18.7 Å². The van der Waals surface area contributed by atoms with Gasteiger partial charge in [0.05, 0.1) is 6.04 Å². The zero-order valence-corrected chi connectivity index (χ0v) is 12.6. The Bertz CT molecular complexity index is 454. The molecule has 2 rings (SSSR count). The molecule has 1 aliphatic rings. The molecule has 112 valence electrons. The fourth-order valence-corrected chi connectivity index (χ4v) is 3.16. The Hall–Kier alpha value is -1.29. The molecule has 0 bridgehead atoms. The first-order valence-electron chi connectivity index (χ1n) is 7.49. The molecule has 4 heteroatoms. The van der Waals surface area contributed by atoms with Gasteiger partial charge in [0.2, 0.25) is 0 Å². The average molecular weight is 279 g/mol. The van der Waals surface area contributed by atoms with Crippen molar-refractivity contribution in [2.45, 2.75) is 46.1 Å². The van der Waals surface area contributed by atoms with Gasteiger partial charge in [-0.3, -0.25) is 9.69 Å². The van der Waals surface area contributed by atoms with Gasteiger partial charge in [-0.25, -0.2) is 0 Å². The van der Waals surface area contributed by atoms with E-state index in [1.807, 2.05) is 19.1 Å². The summed E-state index contributed by atoms with van der Waals surface area (Å²) in [5.74, 6) is 1.97. The smallest absolute Gasteiger partial charge is 0.303 e. The molecule has 1 aromatic heterocycles. The van der Waals surface area contributed by atoms with Crippen LogP contribution in [0.3, 0.4) is 0 Å². The highest BCUT2D eigenvalue weighted by atomic mass is 16.4. The van der Waals surface area contributed by atoms with Crippen LogP contribution in [0.5, 0.6) is 0 Å². The van der Waals surface area contributed by atoms with Crippen LogP contribution in [0.2, 0.25) is 0 Å². The molecule has 20 heavy (non-hydrogen) atoms. The second kappa shape index (κ2) is 6.44. The van der Waals surface area contributed by atoms with Crippen LogP contribution in [0.4, 0.5) is 0 Å². The summed E-state index contributed by atoms with van der Waals surface area (Å²) in [5, 5.41) is 8.94. The second-order valence-electron chi connectivity index (χ2n) is 6.10. The van der Waals surface area contributed by atoms with Crippen LogP contribution in [0.1, 0.15) is 50.7 Å². The molecule has 1 fully saturated rings. The third-order valence-electron chi connectivity index (χ3n) is 4.51. The lowest BCUT2D eigenvalue weighted by molar-refractivity contribution is -0.138. The molecular weight excluding hydrogens is 254 g/mol. The highest BCUT2D eigenvalue weighted by Gasteiger charge is 2.29. The van der Waals surface area contributed by atoms with E-state index in [0.29, 0.717) is 5.92 Å². The molecule has 1 aromatic rings. The first-order chi connectivity index (χ1) is 9.47. The molecule has 4 nitrogen and oxygen atoms in total. The number of piperidine rings is 1. The fourth-order valence-electron chi connectivity index (χ4n) is 3.16. The highest BCUT2D eigenvalue weighted by molar-refractivity contribution is 5.67. The molecule has 0 radical (unpaired) electrons. The predicted molar refractivity (Wildman–Crippen MR) is 77.6 cm³/mol. The number of aliphatic carboxylic acids is 1. The fraction of sp³-hybridized carbons (Fsp3) is 0.688. The normalized spacial score (nSPS) is 23.4. The zero-order valence-electron chi connectivity index (χ0n) is 12.6. The van der Waals surface area contributed by atoms with Gasteiger partial charge in [0, 0.05) is 13.0 Å². The first-order valence-corrected chi connectivity index (χ1v) is 7.49. The first kappa shape index (κ1) is 15.1. The van der Waals surface area contributed by atoms with Gasteiger partial charge in [0.25, 0.3) is 0 Å². The third-order valence-corrected chi connectivity index (χ3v) is 4.51. The lowest BCUT2D eigenvalue weighted by Crippen LogP contribution is -2.39. The van der Waals surface area contributed by atoms with E-state index < -0.39 is 5.97 Å². The molecular formula is C16H25NO3. The van der Waals surface area contributed by atoms with Gasteiger partial charge >= 0.3 is 5.97 Å². The van der Waals surface area contributed by atoms with Crippen molar-refractivity contribution >= 4 is 5.97 Å². The third kappa shape index (κ3) is 3.63. The molecule has 2 heterocycles. The van der Waals surface area contributed by atoms with Crippen molar-refractivity contribution in [3.63, 3.8) is 0 Å². The van der Waals surface area contributed by atoms with Gasteiger partial charge in [0.15, 0.2) is 0 Å². The molecule has 1 saturated heterocycles. The van der Waals surface area contributed by atoms with E-state index in [0.717, 1.165) is 37.5 Å². The SMILES string of the molecule is Cc1ccc(C(C)N2CCCC(C(C)CC(=O)O)C2)o1. The van der Waals surface area contributed by atoms with Gasteiger partial charge in [-0.15, -0.1) is 0 Å².